The monoisotopic (exact) mass is 280 g/mol. The van der Waals surface area contributed by atoms with Gasteiger partial charge >= 0.3 is 6.18 Å². The molecule has 0 saturated heterocycles. The van der Waals surface area contributed by atoms with Gasteiger partial charge in [0, 0.05) is 5.92 Å². The largest absolute Gasteiger partial charge is 0.506 e. The van der Waals surface area contributed by atoms with E-state index in [1.807, 2.05) is 0 Å². The number of phenolic OH excluding ortho intramolecular Hbond substituents is 1. The van der Waals surface area contributed by atoms with Gasteiger partial charge in [0.1, 0.15) is 11.5 Å². The third kappa shape index (κ3) is 3.38. The van der Waals surface area contributed by atoms with Crippen LogP contribution < -0.4 is 0 Å². The van der Waals surface area contributed by atoms with E-state index in [-0.39, 0.29) is 22.8 Å². The van der Waals surface area contributed by atoms with Gasteiger partial charge in [0.25, 0.3) is 0 Å². The Balaban J connectivity index is 3.17. The summed E-state index contributed by atoms with van der Waals surface area (Å²) < 4.78 is 37.9. The van der Waals surface area contributed by atoms with Crippen LogP contribution in [0.3, 0.4) is 0 Å². The fraction of sp³-hybridized carbons (Fsp3) is 0.417. The van der Waals surface area contributed by atoms with Gasteiger partial charge in [-0.25, -0.2) is 0 Å². The van der Waals surface area contributed by atoms with E-state index in [0.29, 0.717) is 0 Å². The van der Waals surface area contributed by atoms with E-state index >= 15 is 0 Å². The van der Waals surface area contributed by atoms with Crippen molar-refractivity contribution < 1.29 is 23.1 Å². The van der Waals surface area contributed by atoms with Crippen molar-refractivity contribution >= 4 is 17.4 Å². The number of hydrogen-bond acceptors (Lipinski definition) is 2. The van der Waals surface area contributed by atoms with Crippen molar-refractivity contribution in [2.45, 2.75) is 26.4 Å². The molecule has 0 saturated carbocycles. The molecule has 0 amide bonds. The molecular weight excluding hydrogens is 269 g/mol. The fourth-order valence-corrected chi connectivity index (χ4v) is 1.73. The molecule has 0 spiro atoms. The molecule has 0 fully saturated rings. The van der Waals surface area contributed by atoms with Crippen LogP contribution >= 0.6 is 11.6 Å². The fourth-order valence-electron chi connectivity index (χ4n) is 1.49. The molecule has 1 aromatic rings. The Labute approximate surface area is 107 Å². The minimum absolute atomic E-state index is 0.118. The second-order valence-electron chi connectivity index (χ2n) is 4.19. The first kappa shape index (κ1) is 14.8. The van der Waals surface area contributed by atoms with E-state index in [1.165, 1.54) is 13.0 Å². The van der Waals surface area contributed by atoms with Crippen molar-refractivity contribution in [3.8, 4) is 5.75 Å². The third-order valence-electron chi connectivity index (χ3n) is 2.66. The number of ketones is 1. The Morgan fingerprint density at radius 1 is 1.44 bits per heavy atom. The highest BCUT2D eigenvalue weighted by atomic mass is 35.5. The van der Waals surface area contributed by atoms with E-state index in [1.54, 1.807) is 6.92 Å². The zero-order chi connectivity index (χ0) is 14.1. The quantitative estimate of drug-likeness (QED) is 0.913. The minimum atomic E-state index is -4.68. The van der Waals surface area contributed by atoms with Gasteiger partial charge in [0.05, 0.1) is 10.6 Å². The van der Waals surface area contributed by atoms with Gasteiger partial charge in [-0.15, -0.1) is 0 Å². The molecule has 2 nitrogen and oxygen atoms in total. The van der Waals surface area contributed by atoms with Crippen LogP contribution in [0.1, 0.15) is 25.0 Å². The maximum absolute atomic E-state index is 12.6. The Kier molecular flexibility index (Phi) is 4.27. The molecule has 0 heterocycles. The third-order valence-corrected chi connectivity index (χ3v) is 2.95. The number of phenols is 1. The first-order valence-electron chi connectivity index (χ1n) is 5.22. The predicted molar refractivity (Wildman–Crippen MR) is 61.7 cm³/mol. The first-order valence-corrected chi connectivity index (χ1v) is 5.59. The van der Waals surface area contributed by atoms with E-state index in [4.69, 9.17) is 11.6 Å². The second-order valence-corrected chi connectivity index (χ2v) is 4.59. The molecule has 6 heteroatoms. The normalized spacial score (nSPS) is 13.4. The molecule has 0 aliphatic heterocycles. The van der Waals surface area contributed by atoms with Crippen molar-refractivity contribution in [1.29, 1.82) is 0 Å². The number of benzene rings is 1. The van der Waals surface area contributed by atoms with Gasteiger partial charge < -0.3 is 5.11 Å². The number of aromatic hydroxyl groups is 1. The molecule has 1 N–H and O–H groups in total. The van der Waals surface area contributed by atoms with E-state index < -0.39 is 23.4 Å². The van der Waals surface area contributed by atoms with Crippen molar-refractivity contribution in [2.24, 2.45) is 5.92 Å². The lowest BCUT2D eigenvalue weighted by Gasteiger charge is -2.14. The molecular formula is C12H12ClF3O2. The van der Waals surface area contributed by atoms with Gasteiger partial charge in [-0.1, -0.05) is 18.5 Å². The molecule has 1 aromatic carbocycles. The highest BCUT2D eigenvalue weighted by Crippen LogP contribution is 2.40. The topological polar surface area (TPSA) is 37.3 Å². The molecule has 0 aliphatic carbocycles. The van der Waals surface area contributed by atoms with Crippen LogP contribution in [0.15, 0.2) is 12.1 Å². The number of rotatable bonds is 3. The van der Waals surface area contributed by atoms with Crippen LogP contribution in [0.25, 0.3) is 0 Å². The average Bonchev–Trinajstić information content (AvgIpc) is 2.21. The summed E-state index contributed by atoms with van der Waals surface area (Å²) in [5.74, 6) is -1.50. The number of carbonyl (C=O) groups is 1. The number of hydrogen-bond donors (Lipinski definition) is 1. The summed E-state index contributed by atoms with van der Waals surface area (Å²) in [5, 5.41) is 8.92. The first-order chi connectivity index (χ1) is 8.12. The van der Waals surface area contributed by atoms with Gasteiger partial charge in [-0.2, -0.15) is 13.2 Å². The van der Waals surface area contributed by atoms with Crippen LogP contribution in [-0.4, -0.2) is 10.9 Å². The number of carbonyl (C=O) groups excluding carboxylic acids is 1. The summed E-state index contributed by atoms with van der Waals surface area (Å²) in [6.07, 6.45) is -4.53. The van der Waals surface area contributed by atoms with Crippen molar-refractivity contribution in [3.05, 3.63) is 28.3 Å². The van der Waals surface area contributed by atoms with Crippen LogP contribution in [0, 0.1) is 5.92 Å². The summed E-state index contributed by atoms with van der Waals surface area (Å²) >= 11 is 5.55. The molecule has 1 rings (SSSR count). The Bertz CT molecular complexity index is 469. The highest BCUT2D eigenvalue weighted by molar-refractivity contribution is 6.32. The van der Waals surface area contributed by atoms with Gasteiger partial charge in [0.15, 0.2) is 0 Å². The van der Waals surface area contributed by atoms with Crippen LogP contribution in [0.4, 0.5) is 13.2 Å². The van der Waals surface area contributed by atoms with E-state index in [2.05, 4.69) is 0 Å². The van der Waals surface area contributed by atoms with Crippen LogP contribution in [0.5, 0.6) is 5.75 Å². The van der Waals surface area contributed by atoms with E-state index in [0.717, 1.165) is 6.07 Å². The van der Waals surface area contributed by atoms with Crippen LogP contribution in [-0.2, 0) is 17.4 Å². The summed E-state index contributed by atoms with van der Waals surface area (Å²) in [7, 11) is 0. The lowest BCUT2D eigenvalue weighted by molar-refractivity contribution is -0.138. The lowest BCUT2D eigenvalue weighted by Crippen LogP contribution is -2.11. The molecule has 1 atom stereocenters. The predicted octanol–water partition coefficient (Wildman–Crippen LogP) is 3.83. The van der Waals surface area contributed by atoms with Crippen LogP contribution in [0.2, 0.25) is 5.02 Å². The summed E-state index contributed by atoms with van der Waals surface area (Å²) in [4.78, 5) is 11.1. The molecule has 0 unspecified atom stereocenters. The van der Waals surface area contributed by atoms with Crippen molar-refractivity contribution in [1.82, 2.24) is 0 Å². The lowest BCUT2D eigenvalue weighted by atomic mass is 9.96. The Morgan fingerprint density at radius 2 is 2.00 bits per heavy atom. The second kappa shape index (κ2) is 5.18. The smallest absolute Gasteiger partial charge is 0.420 e. The SMILES string of the molecule is CC(=O)[C@H](C)Cc1cc(Cl)c(O)c(C(F)(F)F)c1. The van der Waals surface area contributed by atoms with Gasteiger partial charge in [0.2, 0.25) is 0 Å². The molecule has 100 valence electrons. The molecule has 0 aromatic heterocycles. The molecule has 0 radical (unpaired) electrons. The molecule has 0 aliphatic rings. The zero-order valence-corrected chi connectivity index (χ0v) is 10.6. The average molecular weight is 281 g/mol. The van der Waals surface area contributed by atoms with E-state index in [9.17, 15) is 23.1 Å². The Morgan fingerprint density at radius 3 is 2.44 bits per heavy atom. The van der Waals surface area contributed by atoms with Crippen molar-refractivity contribution in [2.75, 3.05) is 0 Å². The van der Waals surface area contributed by atoms with Crippen molar-refractivity contribution in [3.63, 3.8) is 0 Å². The highest BCUT2D eigenvalue weighted by Gasteiger charge is 2.35. The minimum Gasteiger partial charge on any atom is -0.506 e. The van der Waals surface area contributed by atoms with Gasteiger partial charge in [-0.3, -0.25) is 4.79 Å². The summed E-state index contributed by atoms with van der Waals surface area (Å²) in [6, 6.07) is 2.06. The van der Waals surface area contributed by atoms with Gasteiger partial charge in [-0.05, 0) is 31.0 Å². The number of halogens is 4. The standard InChI is InChI=1S/C12H12ClF3O2/c1-6(7(2)17)3-8-4-9(12(14,15)16)11(18)10(13)5-8/h4-6,18H,3H2,1-2H3/t6-/m1/s1. The molecule has 18 heavy (non-hydrogen) atoms. The summed E-state index contributed by atoms with van der Waals surface area (Å²) in [6.45, 7) is 2.99. The maximum atomic E-state index is 12.6. The molecule has 0 bridgehead atoms. The zero-order valence-electron chi connectivity index (χ0n) is 9.81. The number of Topliss-reactive ketones (excluding diaryl/α,β-unsaturated/α-hetero) is 1. The summed E-state index contributed by atoms with van der Waals surface area (Å²) in [5.41, 5.74) is -0.909. The number of alkyl halides is 3. The maximum Gasteiger partial charge on any atom is 0.420 e. The Hall–Kier alpha value is -1.23.